The van der Waals surface area contributed by atoms with Crippen molar-refractivity contribution >= 4 is 33.2 Å². The van der Waals surface area contributed by atoms with Crippen molar-refractivity contribution in [1.29, 1.82) is 0 Å². The maximum atomic E-state index is 12.5. The van der Waals surface area contributed by atoms with Gasteiger partial charge in [-0.15, -0.1) is 0 Å². The normalized spacial score (nSPS) is 12.3. The van der Waals surface area contributed by atoms with Crippen LogP contribution in [0.15, 0.2) is 42.5 Å². The van der Waals surface area contributed by atoms with Gasteiger partial charge in [0.2, 0.25) is 10.0 Å². The van der Waals surface area contributed by atoms with Crippen LogP contribution in [-0.4, -0.2) is 27.7 Å². The molecule has 2 N–H and O–H groups in total. The van der Waals surface area contributed by atoms with Crippen LogP contribution in [0.4, 0.5) is 5.69 Å². The highest BCUT2D eigenvalue weighted by Gasteiger charge is 2.17. The molecule has 0 bridgehead atoms. The molecule has 1 amide bonds. The Hall–Kier alpha value is -2.25. The summed E-state index contributed by atoms with van der Waals surface area (Å²) in [4.78, 5) is 12.5. The Morgan fingerprint density at radius 2 is 1.88 bits per heavy atom. The van der Waals surface area contributed by atoms with Crippen LogP contribution in [0.2, 0.25) is 5.02 Å². The fourth-order valence-corrected chi connectivity index (χ4v) is 3.17. The minimum Gasteiger partial charge on any atom is -0.496 e. The maximum Gasteiger partial charge on any atom is 0.253 e. The molecule has 2 rings (SSSR count). The third kappa shape index (κ3) is 5.11. The number of nitrogens with one attached hydrogen (secondary N) is 2. The molecular formula is C17H19ClN2O4S. The van der Waals surface area contributed by atoms with Gasteiger partial charge in [0.15, 0.2) is 0 Å². The van der Waals surface area contributed by atoms with E-state index in [4.69, 9.17) is 16.3 Å². The number of carbonyl (C=O) groups excluding carboxylic acids is 1. The Balaban J connectivity index is 2.18. The van der Waals surface area contributed by atoms with Gasteiger partial charge in [-0.25, -0.2) is 8.42 Å². The van der Waals surface area contributed by atoms with Crippen molar-refractivity contribution < 1.29 is 17.9 Å². The van der Waals surface area contributed by atoms with Crippen LogP contribution in [0.3, 0.4) is 0 Å². The van der Waals surface area contributed by atoms with Gasteiger partial charge in [-0.3, -0.25) is 9.52 Å². The van der Waals surface area contributed by atoms with E-state index >= 15 is 0 Å². The van der Waals surface area contributed by atoms with E-state index in [1.807, 2.05) is 31.2 Å². The number of carbonyl (C=O) groups is 1. The van der Waals surface area contributed by atoms with Crippen molar-refractivity contribution in [1.82, 2.24) is 5.32 Å². The molecule has 0 fully saturated rings. The predicted molar refractivity (Wildman–Crippen MR) is 98.8 cm³/mol. The summed E-state index contributed by atoms with van der Waals surface area (Å²) in [5.74, 6) is 0.309. The van der Waals surface area contributed by atoms with E-state index in [1.165, 1.54) is 18.2 Å². The first-order chi connectivity index (χ1) is 11.7. The fraction of sp³-hybridized carbons (Fsp3) is 0.235. The van der Waals surface area contributed by atoms with Crippen LogP contribution in [0, 0.1) is 0 Å². The number of hydrogen-bond donors (Lipinski definition) is 2. The molecular weight excluding hydrogens is 364 g/mol. The summed E-state index contributed by atoms with van der Waals surface area (Å²) >= 11 is 6.12. The summed E-state index contributed by atoms with van der Waals surface area (Å²) in [6, 6.07) is 11.4. The summed E-state index contributed by atoms with van der Waals surface area (Å²) < 4.78 is 30.1. The lowest BCUT2D eigenvalue weighted by atomic mass is 10.1. The van der Waals surface area contributed by atoms with Crippen LogP contribution < -0.4 is 14.8 Å². The van der Waals surface area contributed by atoms with Crippen molar-refractivity contribution in [2.75, 3.05) is 18.1 Å². The van der Waals surface area contributed by atoms with E-state index < -0.39 is 10.0 Å². The Bertz CT molecular complexity index is 884. The molecule has 1 atom stereocenters. The fourth-order valence-electron chi connectivity index (χ4n) is 2.35. The molecule has 0 saturated heterocycles. The summed E-state index contributed by atoms with van der Waals surface area (Å²) in [5, 5.41) is 3.00. The highest BCUT2D eigenvalue weighted by molar-refractivity contribution is 7.92. The number of hydrogen-bond acceptors (Lipinski definition) is 4. The molecule has 2 aromatic rings. The minimum absolute atomic E-state index is 0.151. The average molecular weight is 383 g/mol. The monoisotopic (exact) mass is 382 g/mol. The summed E-state index contributed by atoms with van der Waals surface area (Å²) in [5.41, 5.74) is 1.38. The van der Waals surface area contributed by atoms with Gasteiger partial charge < -0.3 is 10.1 Å². The molecule has 8 heteroatoms. The zero-order chi connectivity index (χ0) is 18.6. The second kappa shape index (κ2) is 7.76. The minimum atomic E-state index is -3.41. The first-order valence-electron chi connectivity index (χ1n) is 7.42. The van der Waals surface area contributed by atoms with Crippen molar-refractivity contribution in [2.45, 2.75) is 13.0 Å². The van der Waals surface area contributed by atoms with Gasteiger partial charge in [-0.2, -0.15) is 0 Å². The van der Waals surface area contributed by atoms with Gasteiger partial charge in [0.05, 0.1) is 30.0 Å². The SMILES string of the molecule is COc1ccccc1[C@@H](C)NC(=O)c1ccc(NS(C)(=O)=O)cc1Cl. The van der Waals surface area contributed by atoms with Gasteiger partial charge in [-0.1, -0.05) is 29.8 Å². The molecule has 6 nitrogen and oxygen atoms in total. The molecule has 0 unspecified atom stereocenters. The second-order valence-electron chi connectivity index (χ2n) is 5.51. The van der Waals surface area contributed by atoms with Crippen LogP contribution >= 0.6 is 11.6 Å². The first-order valence-corrected chi connectivity index (χ1v) is 9.69. The number of ether oxygens (including phenoxy) is 1. The van der Waals surface area contributed by atoms with Crippen LogP contribution in [0.25, 0.3) is 0 Å². The number of sulfonamides is 1. The summed E-state index contributed by atoms with van der Waals surface area (Å²) in [6.45, 7) is 1.84. The van der Waals surface area contributed by atoms with Gasteiger partial charge in [0.1, 0.15) is 5.75 Å². The Morgan fingerprint density at radius 1 is 1.20 bits per heavy atom. The van der Waals surface area contributed by atoms with Crippen molar-refractivity contribution in [3.63, 3.8) is 0 Å². The van der Waals surface area contributed by atoms with E-state index in [0.717, 1.165) is 11.8 Å². The topological polar surface area (TPSA) is 84.5 Å². The highest BCUT2D eigenvalue weighted by atomic mass is 35.5. The van der Waals surface area contributed by atoms with Gasteiger partial charge in [-0.05, 0) is 31.2 Å². The largest absolute Gasteiger partial charge is 0.496 e. The number of benzene rings is 2. The Morgan fingerprint density at radius 3 is 2.48 bits per heavy atom. The number of halogens is 1. The molecule has 0 spiro atoms. The summed E-state index contributed by atoms with van der Waals surface area (Å²) in [7, 11) is -1.85. The molecule has 134 valence electrons. The van der Waals surface area contributed by atoms with Crippen LogP contribution in [0.5, 0.6) is 5.75 Å². The predicted octanol–water partition coefficient (Wildman–Crippen LogP) is 3.21. The number of rotatable bonds is 6. The molecule has 0 aromatic heterocycles. The molecule has 0 aliphatic rings. The van der Waals surface area contributed by atoms with E-state index in [9.17, 15) is 13.2 Å². The average Bonchev–Trinajstić information content (AvgIpc) is 2.53. The molecule has 2 aromatic carbocycles. The van der Waals surface area contributed by atoms with Gasteiger partial charge in [0.25, 0.3) is 5.91 Å². The number of amides is 1. The van der Waals surface area contributed by atoms with Crippen LogP contribution in [-0.2, 0) is 10.0 Å². The van der Waals surface area contributed by atoms with E-state index in [2.05, 4.69) is 10.0 Å². The van der Waals surface area contributed by atoms with Crippen molar-refractivity contribution in [3.05, 3.63) is 58.6 Å². The lowest BCUT2D eigenvalue weighted by Gasteiger charge is -2.18. The molecule has 0 heterocycles. The smallest absolute Gasteiger partial charge is 0.253 e. The lowest BCUT2D eigenvalue weighted by Crippen LogP contribution is -2.27. The number of methoxy groups -OCH3 is 1. The first kappa shape index (κ1) is 19.1. The van der Waals surface area contributed by atoms with Gasteiger partial charge >= 0.3 is 0 Å². The van der Waals surface area contributed by atoms with E-state index in [0.29, 0.717) is 11.4 Å². The molecule has 0 saturated carbocycles. The maximum absolute atomic E-state index is 12.5. The molecule has 0 aliphatic heterocycles. The molecule has 25 heavy (non-hydrogen) atoms. The van der Waals surface area contributed by atoms with E-state index in [-0.39, 0.29) is 22.5 Å². The van der Waals surface area contributed by atoms with Crippen molar-refractivity contribution in [2.24, 2.45) is 0 Å². The quantitative estimate of drug-likeness (QED) is 0.803. The second-order valence-corrected chi connectivity index (χ2v) is 7.66. The number of anilines is 1. The third-order valence-electron chi connectivity index (χ3n) is 3.47. The zero-order valence-electron chi connectivity index (χ0n) is 14.0. The Labute approximate surface area is 152 Å². The third-order valence-corrected chi connectivity index (χ3v) is 4.39. The summed E-state index contributed by atoms with van der Waals surface area (Å²) in [6.07, 6.45) is 1.04. The zero-order valence-corrected chi connectivity index (χ0v) is 15.6. The molecule has 0 aliphatic carbocycles. The standard InChI is InChI=1S/C17H19ClN2O4S/c1-11(13-6-4-5-7-16(13)24-2)19-17(21)14-9-8-12(10-15(14)18)20-25(3,22)23/h4-11,20H,1-3H3,(H,19,21)/t11-/m1/s1. The number of para-hydroxylation sites is 1. The van der Waals surface area contributed by atoms with Crippen LogP contribution in [0.1, 0.15) is 28.9 Å². The van der Waals surface area contributed by atoms with Gasteiger partial charge in [0, 0.05) is 11.3 Å². The molecule has 0 radical (unpaired) electrons. The van der Waals surface area contributed by atoms with Crippen molar-refractivity contribution in [3.8, 4) is 5.75 Å². The highest BCUT2D eigenvalue weighted by Crippen LogP contribution is 2.26. The Kier molecular flexibility index (Phi) is 5.92. The van der Waals surface area contributed by atoms with E-state index in [1.54, 1.807) is 7.11 Å². The lowest BCUT2D eigenvalue weighted by molar-refractivity contribution is 0.0939.